The van der Waals surface area contributed by atoms with Gasteiger partial charge in [-0.1, -0.05) is 6.07 Å². The molecule has 1 aliphatic rings. The molecule has 1 heterocycles. The number of carbonyl (C=O) groups excluding carboxylic acids is 1. The van der Waals surface area contributed by atoms with Crippen molar-refractivity contribution in [2.24, 2.45) is 0 Å². The standard InChI is InChI=1S/C16H17N5O/c17-10-12-3-1-4-13(9-12)19-16(22)20-14-5-2-6-15(14)21-8-7-18-11-21/h1,3-4,7-9,11,14-15H,2,5-6H2,(H2,19,20,22)/t14-,15-/m1/s1. The van der Waals surface area contributed by atoms with Crippen molar-refractivity contribution < 1.29 is 4.79 Å². The van der Waals surface area contributed by atoms with Crippen molar-refractivity contribution >= 4 is 11.7 Å². The molecule has 0 aliphatic heterocycles. The lowest BCUT2D eigenvalue weighted by Crippen LogP contribution is -2.40. The highest BCUT2D eigenvalue weighted by Gasteiger charge is 2.29. The first kappa shape index (κ1) is 14.1. The quantitative estimate of drug-likeness (QED) is 0.913. The molecule has 1 aromatic carbocycles. The van der Waals surface area contributed by atoms with Gasteiger partial charge in [-0.3, -0.25) is 0 Å². The first-order valence-corrected chi connectivity index (χ1v) is 7.31. The Morgan fingerprint density at radius 1 is 1.41 bits per heavy atom. The van der Waals surface area contributed by atoms with Crippen molar-refractivity contribution in [1.82, 2.24) is 14.9 Å². The van der Waals surface area contributed by atoms with Gasteiger partial charge in [0.05, 0.1) is 30.0 Å². The number of nitrogens with one attached hydrogen (secondary N) is 2. The molecule has 2 amide bonds. The number of urea groups is 1. The van der Waals surface area contributed by atoms with Gasteiger partial charge < -0.3 is 15.2 Å². The highest BCUT2D eigenvalue weighted by Crippen LogP contribution is 2.29. The molecule has 0 saturated heterocycles. The monoisotopic (exact) mass is 295 g/mol. The van der Waals surface area contributed by atoms with Crippen LogP contribution >= 0.6 is 0 Å². The molecule has 3 rings (SSSR count). The van der Waals surface area contributed by atoms with Crippen LogP contribution in [-0.2, 0) is 0 Å². The molecule has 2 atom stereocenters. The van der Waals surface area contributed by atoms with Crippen molar-refractivity contribution in [3.63, 3.8) is 0 Å². The molecule has 1 aliphatic carbocycles. The average molecular weight is 295 g/mol. The minimum Gasteiger partial charge on any atom is -0.333 e. The predicted octanol–water partition coefficient (Wildman–Crippen LogP) is 2.67. The van der Waals surface area contributed by atoms with Crippen LogP contribution in [0.15, 0.2) is 43.0 Å². The van der Waals surface area contributed by atoms with E-state index < -0.39 is 0 Å². The molecule has 112 valence electrons. The molecule has 6 heteroatoms. The second-order valence-electron chi connectivity index (χ2n) is 5.41. The van der Waals surface area contributed by atoms with Gasteiger partial charge in [-0.15, -0.1) is 0 Å². The molecular weight excluding hydrogens is 278 g/mol. The third-order valence-electron chi connectivity index (χ3n) is 3.95. The minimum absolute atomic E-state index is 0.0911. The molecule has 1 aromatic heterocycles. The fourth-order valence-corrected chi connectivity index (χ4v) is 2.93. The van der Waals surface area contributed by atoms with Crippen LogP contribution in [0, 0.1) is 11.3 Å². The van der Waals surface area contributed by atoms with Crippen LogP contribution in [0.3, 0.4) is 0 Å². The van der Waals surface area contributed by atoms with Crippen molar-refractivity contribution in [3.8, 4) is 6.07 Å². The Bertz CT molecular complexity index is 689. The maximum atomic E-state index is 12.2. The van der Waals surface area contributed by atoms with Crippen molar-refractivity contribution in [1.29, 1.82) is 5.26 Å². The molecule has 1 saturated carbocycles. The lowest BCUT2D eigenvalue weighted by atomic mass is 10.1. The Morgan fingerprint density at radius 3 is 3.09 bits per heavy atom. The summed E-state index contributed by atoms with van der Waals surface area (Å²) < 4.78 is 2.05. The Kier molecular flexibility index (Phi) is 4.05. The number of aromatic nitrogens is 2. The topological polar surface area (TPSA) is 82.7 Å². The van der Waals surface area contributed by atoms with Gasteiger partial charge in [0.25, 0.3) is 0 Å². The average Bonchev–Trinajstić information content (AvgIpc) is 3.18. The number of hydrogen-bond acceptors (Lipinski definition) is 3. The molecular formula is C16H17N5O. The first-order chi connectivity index (χ1) is 10.8. The zero-order valence-electron chi connectivity index (χ0n) is 12.1. The van der Waals surface area contributed by atoms with E-state index in [1.807, 2.05) is 10.8 Å². The Labute approximate surface area is 128 Å². The lowest BCUT2D eigenvalue weighted by molar-refractivity contribution is 0.245. The summed E-state index contributed by atoms with van der Waals surface area (Å²) in [4.78, 5) is 16.2. The Morgan fingerprint density at radius 2 is 2.32 bits per heavy atom. The second-order valence-corrected chi connectivity index (χ2v) is 5.41. The van der Waals surface area contributed by atoms with Gasteiger partial charge in [-0.05, 0) is 37.5 Å². The van der Waals surface area contributed by atoms with E-state index in [9.17, 15) is 4.79 Å². The highest BCUT2D eigenvalue weighted by molar-refractivity contribution is 5.89. The summed E-state index contributed by atoms with van der Waals surface area (Å²) in [5.41, 5.74) is 1.14. The van der Waals surface area contributed by atoms with Gasteiger partial charge in [0.1, 0.15) is 0 Å². The summed E-state index contributed by atoms with van der Waals surface area (Å²) in [6, 6.07) is 9.03. The third-order valence-corrected chi connectivity index (χ3v) is 3.95. The van der Waals surface area contributed by atoms with E-state index in [1.165, 1.54) is 0 Å². The summed E-state index contributed by atoms with van der Waals surface area (Å²) >= 11 is 0. The molecule has 6 nitrogen and oxygen atoms in total. The van der Waals surface area contributed by atoms with E-state index in [1.54, 1.807) is 36.8 Å². The normalized spacial score (nSPS) is 20.3. The fraction of sp³-hybridized carbons (Fsp3) is 0.312. The summed E-state index contributed by atoms with van der Waals surface area (Å²) in [6.07, 6.45) is 8.54. The molecule has 0 unspecified atom stereocenters. The number of imidazole rings is 1. The zero-order valence-corrected chi connectivity index (χ0v) is 12.1. The molecule has 22 heavy (non-hydrogen) atoms. The van der Waals surface area contributed by atoms with E-state index in [0.29, 0.717) is 11.3 Å². The van der Waals surface area contributed by atoms with Crippen LogP contribution in [0.5, 0.6) is 0 Å². The lowest BCUT2D eigenvalue weighted by Gasteiger charge is -2.22. The zero-order chi connectivity index (χ0) is 15.4. The maximum absolute atomic E-state index is 12.2. The maximum Gasteiger partial charge on any atom is 0.319 e. The summed E-state index contributed by atoms with van der Waals surface area (Å²) in [7, 11) is 0. The Balaban J connectivity index is 1.62. The predicted molar refractivity (Wildman–Crippen MR) is 82.2 cm³/mol. The van der Waals surface area contributed by atoms with Gasteiger partial charge in [0, 0.05) is 18.1 Å². The van der Waals surface area contributed by atoms with Gasteiger partial charge in [0.2, 0.25) is 0 Å². The van der Waals surface area contributed by atoms with Gasteiger partial charge >= 0.3 is 6.03 Å². The molecule has 2 aromatic rings. The SMILES string of the molecule is N#Cc1cccc(NC(=O)N[C@@H]2CCC[C@H]2n2ccnc2)c1. The van der Waals surface area contributed by atoms with Crippen molar-refractivity contribution in [2.45, 2.75) is 31.3 Å². The number of anilines is 1. The van der Waals surface area contributed by atoms with E-state index in [-0.39, 0.29) is 18.1 Å². The third kappa shape index (κ3) is 3.09. The van der Waals surface area contributed by atoms with Crippen LogP contribution < -0.4 is 10.6 Å². The van der Waals surface area contributed by atoms with E-state index >= 15 is 0 Å². The van der Waals surface area contributed by atoms with Crippen LogP contribution in [-0.4, -0.2) is 21.6 Å². The van der Waals surface area contributed by atoms with E-state index in [0.717, 1.165) is 19.3 Å². The van der Waals surface area contributed by atoms with E-state index in [2.05, 4.69) is 21.7 Å². The number of nitriles is 1. The molecule has 2 N–H and O–H groups in total. The number of amides is 2. The van der Waals surface area contributed by atoms with E-state index in [4.69, 9.17) is 5.26 Å². The van der Waals surface area contributed by atoms with Gasteiger partial charge in [0.15, 0.2) is 0 Å². The van der Waals surface area contributed by atoms with Crippen molar-refractivity contribution in [2.75, 3.05) is 5.32 Å². The summed E-state index contributed by atoms with van der Waals surface area (Å²) in [6.45, 7) is 0. The van der Waals surface area contributed by atoms with Crippen LogP contribution in [0.25, 0.3) is 0 Å². The second kappa shape index (κ2) is 6.31. The highest BCUT2D eigenvalue weighted by atomic mass is 16.2. The molecule has 0 radical (unpaired) electrons. The van der Waals surface area contributed by atoms with Gasteiger partial charge in [-0.25, -0.2) is 9.78 Å². The number of benzene rings is 1. The first-order valence-electron chi connectivity index (χ1n) is 7.31. The van der Waals surface area contributed by atoms with Crippen LogP contribution in [0.1, 0.15) is 30.9 Å². The summed E-state index contributed by atoms with van der Waals surface area (Å²) in [5, 5.41) is 14.7. The largest absolute Gasteiger partial charge is 0.333 e. The van der Waals surface area contributed by atoms with Crippen LogP contribution in [0.2, 0.25) is 0 Å². The number of nitrogens with zero attached hydrogens (tertiary/aromatic N) is 3. The van der Waals surface area contributed by atoms with Crippen molar-refractivity contribution in [3.05, 3.63) is 48.5 Å². The molecule has 0 bridgehead atoms. The smallest absolute Gasteiger partial charge is 0.319 e. The molecule has 1 fully saturated rings. The summed E-state index contributed by atoms with van der Waals surface area (Å²) in [5.74, 6) is 0. The Hall–Kier alpha value is -2.81. The molecule has 0 spiro atoms. The fourth-order valence-electron chi connectivity index (χ4n) is 2.93. The number of carbonyl (C=O) groups is 1. The number of hydrogen-bond donors (Lipinski definition) is 2. The van der Waals surface area contributed by atoms with Crippen LogP contribution in [0.4, 0.5) is 10.5 Å². The number of rotatable bonds is 3. The van der Waals surface area contributed by atoms with Gasteiger partial charge in [-0.2, -0.15) is 5.26 Å². The minimum atomic E-state index is -0.243.